The van der Waals surface area contributed by atoms with E-state index in [9.17, 15) is 0 Å². The molecule has 0 unspecified atom stereocenters. The van der Waals surface area contributed by atoms with Crippen molar-refractivity contribution in [1.29, 1.82) is 0 Å². The molecule has 8 aromatic rings. The van der Waals surface area contributed by atoms with E-state index in [4.69, 9.17) is 0 Å². The highest BCUT2D eigenvalue weighted by Gasteiger charge is 2.42. The van der Waals surface area contributed by atoms with Crippen molar-refractivity contribution in [3.63, 3.8) is 0 Å². The number of nitrogens with zero attached hydrogens (tertiary/aromatic N) is 1. The summed E-state index contributed by atoms with van der Waals surface area (Å²) < 4.78 is 0. The maximum Gasteiger partial charge on any atom is 0.248 e. The van der Waals surface area contributed by atoms with Crippen LogP contribution in [0.5, 0.6) is 0 Å². The lowest BCUT2D eigenvalue weighted by Gasteiger charge is -2.37. The molecule has 246 valence electrons. The zero-order chi connectivity index (χ0) is 35.0. The molecule has 2 aliphatic rings. The summed E-state index contributed by atoms with van der Waals surface area (Å²) in [5, 5.41) is 8.12. The third-order valence-corrected chi connectivity index (χ3v) is 11.8. The Hall–Kier alpha value is -5.34. The third-order valence-electron chi connectivity index (χ3n) is 11.8. The van der Waals surface area contributed by atoms with Crippen molar-refractivity contribution >= 4 is 72.5 Å². The maximum absolute atomic E-state index is 2.60. The Morgan fingerprint density at radius 2 is 0.980 bits per heavy atom. The molecule has 0 amide bonds. The summed E-state index contributed by atoms with van der Waals surface area (Å²) in [4.78, 5) is 2.60. The quantitative estimate of drug-likeness (QED) is 0.132. The lowest BCUT2D eigenvalue weighted by molar-refractivity contribution is 0.576. The van der Waals surface area contributed by atoms with E-state index in [0.29, 0.717) is 0 Å². The molecule has 10 rings (SSSR count). The fourth-order valence-electron chi connectivity index (χ4n) is 9.58. The maximum atomic E-state index is 2.60. The molecule has 0 saturated carbocycles. The Labute approximate surface area is 302 Å². The van der Waals surface area contributed by atoms with E-state index in [-0.39, 0.29) is 17.5 Å². The molecule has 0 atom stereocenters. The second kappa shape index (κ2) is 10.4. The van der Waals surface area contributed by atoms with Crippen molar-refractivity contribution in [3.8, 4) is 22.3 Å². The highest BCUT2D eigenvalue weighted by Crippen LogP contribution is 2.51. The van der Waals surface area contributed by atoms with Gasteiger partial charge in [0.25, 0.3) is 0 Å². The van der Waals surface area contributed by atoms with Crippen LogP contribution in [0.4, 0.5) is 17.1 Å². The Bertz CT molecular complexity index is 2700. The van der Waals surface area contributed by atoms with Crippen LogP contribution < -0.4 is 21.3 Å². The van der Waals surface area contributed by atoms with Crippen molar-refractivity contribution in [2.75, 3.05) is 4.90 Å². The van der Waals surface area contributed by atoms with Crippen LogP contribution in [0.15, 0.2) is 127 Å². The summed E-state index contributed by atoms with van der Waals surface area (Å²) in [5.41, 5.74) is 17.4. The molecule has 0 radical (unpaired) electrons. The van der Waals surface area contributed by atoms with Crippen LogP contribution in [0.1, 0.15) is 58.2 Å². The lowest BCUT2D eigenvalue weighted by atomic mass is 9.37. The molecule has 8 aromatic carbocycles. The number of hydrogen-bond donors (Lipinski definition) is 0. The number of anilines is 3. The largest absolute Gasteiger partial charge is 0.311 e. The smallest absolute Gasteiger partial charge is 0.248 e. The second-order valence-electron chi connectivity index (χ2n) is 17.0. The summed E-state index contributed by atoms with van der Waals surface area (Å²) in [6.45, 7) is 16.7. The SMILES string of the molecule is Cc1ccccc1-c1cc(N2c3ccccc3B3c4ccccc4-c4cccc2c43)c2ccc3c(C(C)(C)C)cc(C(C)(C)C)c4ccc1c2c43. The Morgan fingerprint density at radius 3 is 1.69 bits per heavy atom. The number of hydrogen-bond acceptors (Lipinski definition) is 1. The molecule has 0 spiro atoms. The summed E-state index contributed by atoms with van der Waals surface area (Å²) in [7, 11) is 0. The van der Waals surface area contributed by atoms with Gasteiger partial charge in [-0.25, -0.2) is 0 Å². The number of aryl methyl sites for hydroxylation is 1. The Balaban J connectivity index is 1.39. The van der Waals surface area contributed by atoms with Crippen LogP contribution in [0.3, 0.4) is 0 Å². The van der Waals surface area contributed by atoms with Crippen LogP contribution in [-0.4, -0.2) is 6.71 Å². The molecule has 2 aliphatic heterocycles. The minimum Gasteiger partial charge on any atom is -0.311 e. The van der Waals surface area contributed by atoms with Crippen molar-refractivity contribution in [1.82, 2.24) is 0 Å². The van der Waals surface area contributed by atoms with Crippen LogP contribution in [0, 0.1) is 6.92 Å². The minimum atomic E-state index is -0.00951. The van der Waals surface area contributed by atoms with Crippen LogP contribution in [-0.2, 0) is 10.8 Å². The van der Waals surface area contributed by atoms with E-state index in [0.717, 1.165) is 0 Å². The zero-order valence-corrected chi connectivity index (χ0v) is 30.6. The minimum absolute atomic E-state index is 0.00951. The number of rotatable bonds is 2. The normalized spacial score (nSPS) is 13.7. The van der Waals surface area contributed by atoms with Gasteiger partial charge in [-0.1, -0.05) is 156 Å². The van der Waals surface area contributed by atoms with E-state index < -0.39 is 0 Å². The average Bonchev–Trinajstić information content (AvgIpc) is 3.45. The van der Waals surface area contributed by atoms with Gasteiger partial charge < -0.3 is 4.90 Å². The number of para-hydroxylation sites is 1. The van der Waals surface area contributed by atoms with Gasteiger partial charge in [-0.2, -0.15) is 0 Å². The van der Waals surface area contributed by atoms with Gasteiger partial charge in [-0.05, 0) is 107 Å². The van der Waals surface area contributed by atoms with Gasteiger partial charge in [-0.15, -0.1) is 0 Å². The van der Waals surface area contributed by atoms with Crippen molar-refractivity contribution in [2.24, 2.45) is 0 Å². The van der Waals surface area contributed by atoms with Crippen LogP contribution in [0.25, 0.3) is 54.6 Å². The Morgan fingerprint density at radius 1 is 0.431 bits per heavy atom. The molecule has 0 aromatic heterocycles. The molecule has 0 aliphatic carbocycles. The molecule has 51 heavy (non-hydrogen) atoms. The van der Waals surface area contributed by atoms with Crippen molar-refractivity contribution in [2.45, 2.75) is 59.3 Å². The molecule has 2 heteroatoms. The van der Waals surface area contributed by atoms with Crippen molar-refractivity contribution < 1.29 is 0 Å². The predicted molar refractivity (Wildman–Crippen MR) is 222 cm³/mol. The standard InChI is InChI=1S/C49H42BN/c1-29-15-8-9-16-30(29)37-27-44(36-26-25-35-39(49(5,6)7)28-38(48(2,3)4)34-24-23-32(37)45(36)46(34)35)51-42-21-13-12-20-41(42)50-40-19-11-10-17-31(40)33-18-14-22-43(51)47(33)50/h8-28H,1-7H3. The molecular formula is C49H42BN. The van der Waals surface area contributed by atoms with E-state index >= 15 is 0 Å². The zero-order valence-electron chi connectivity index (χ0n) is 30.6. The van der Waals surface area contributed by atoms with Gasteiger partial charge in [-0.3, -0.25) is 0 Å². The van der Waals surface area contributed by atoms with Gasteiger partial charge in [0, 0.05) is 22.1 Å². The van der Waals surface area contributed by atoms with E-state index in [1.165, 1.54) is 105 Å². The van der Waals surface area contributed by atoms with Gasteiger partial charge in [0.15, 0.2) is 0 Å². The van der Waals surface area contributed by atoms with E-state index in [1.54, 1.807) is 0 Å². The van der Waals surface area contributed by atoms with Crippen LogP contribution >= 0.6 is 0 Å². The van der Waals surface area contributed by atoms with Gasteiger partial charge in [0.2, 0.25) is 6.71 Å². The molecule has 0 bridgehead atoms. The molecule has 0 saturated heterocycles. The summed E-state index contributed by atoms with van der Waals surface area (Å²) in [5.74, 6) is 0. The summed E-state index contributed by atoms with van der Waals surface area (Å²) in [6, 6.07) is 48.7. The predicted octanol–water partition coefficient (Wildman–Crippen LogP) is 11.4. The van der Waals surface area contributed by atoms with Crippen LogP contribution in [0.2, 0.25) is 0 Å². The first-order valence-corrected chi connectivity index (χ1v) is 18.5. The third kappa shape index (κ3) is 4.17. The van der Waals surface area contributed by atoms with Gasteiger partial charge in [0.05, 0.1) is 5.69 Å². The highest BCUT2D eigenvalue weighted by molar-refractivity contribution is 7.01. The van der Waals surface area contributed by atoms with Gasteiger partial charge in [0.1, 0.15) is 0 Å². The number of fused-ring (bicyclic) bond motifs is 5. The lowest BCUT2D eigenvalue weighted by Crippen LogP contribution is -2.54. The van der Waals surface area contributed by atoms with E-state index in [2.05, 4.69) is 181 Å². The first-order chi connectivity index (χ1) is 24.5. The first kappa shape index (κ1) is 30.5. The molecule has 0 fully saturated rings. The molecular weight excluding hydrogens is 613 g/mol. The van der Waals surface area contributed by atoms with E-state index in [1.807, 2.05) is 0 Å². The summed E-state index contributed by atoms with van der Waals surface area (Å²) in [6.07, 6.45) is 0. The molecule has 0 N–H and O–H groups in total. The monoisotopic (exact) mass is 655 g/mol. The summed E-state index contributed by atoms with van der Waals surface area (Å²) >= 11 is 0. The fraction of sp³-hybridized carbons (Fsp3) is 0.184. The van der Waals surface area contributed by atoms with Gasteiger partial charge >= 0.3 is 0 Å². The Kier molecular flexibility index (Phi) is 6.19. The fourth-order valence-corrected chi connectivity index (χ4v) is 9.58. The molecule has 1 nitrogen and oxygen atoms in total. The second-order valence-corrected chi connectivity index (χ2v) is 17.0. The molecule has 2 heterocycles. The topological polar surface area (TPSA) is 3.24 Å². The number of benzene rings is 8. The van der Waals surface area contributed by atoms with Crippen molar-refractivity contribution in [3.05, 3.63) is 144 Å². The average molecular weight is 656 g/mol. The first-order valence-electron chi connectivity index (χ1n) is 18.5. The highest BCUT2D eigenvalue weighted by atomic mass is 15.2.